The summed E-state index contributed by atoms with van der Waals surface area (Å²) in [6.45, 7) is 11.5. The van der Waals surface area contributed by atoms with Gasteiger partial charge in [0.25, 0.3) is 0 Å². The third kappa shape index (κ3) is 2.41. The Labute approximate surface area is 144 Å². The Balaban J connectivity index is 1.94. The van der Waals surface area contributed by atoms with E-state index in [1.165, 1.54) is 0 Å². The summed E-state index contributed by atoms with van der Waals surface area (Å²) in [5.74, 6) is -0.261. The van der Waals surface area contributed by atoms with E-state index in [4.69, 9.17) is 4.74 Å². The van der Waals surface area contributed by atoms with Crippen molar-refractivity contribution in [3.05, 3.63) is 11.1 Å². The van der Waals surface area contributed by atoms with Crippen molar-refractivity contribution in [3.8, 4) is 0 Å². The second kappa shape index (κ2) is 5.25. The summed E-state index contributed by atoms with van der Waals surface area (Å²) in [6, 6.07) is 0. The molecule has 0 aromatic rings. The van der Waals surface area contributed by atoms with Crippen LogP contribution in [0.1, 0.15) is 67.2 Å². The number of epoxide rings is 1. The smallest absolute Gasteiger partial charge is 0.172 e. The van der Waals surface area contributed by atoms with Crippen molar-refractivity contribution in [2.24, 2.45) is 17.3 Å². The molecule has 3 unspecified atom stereocenters. The minimum Gasteiger partial charge on any atom is -0.389 e. The fourth-order valence-corrected chi connectivity index (χ4v) is 5.16. The maximum atomic E-state index is 13.0. The summed E-state index contributed by atoms with van der Waals surface area (Å²) in [5.41, 5.74) is -0.217. The summed E-state index contributed by atoms with van der Waals surface area (Å²) in [4.78, 5) is 25.5. The number of fused-ring (bicyclic) bond motifs is 1. The van der Waals surface area contributed by atoms with Crippen LogP contribution in [0.4, 0.5) is 0 Å². The molecule has 0 aromatic carbocycles. The molecule has 0 amide bonds. The van der Waals surface area contributed by atoms with Crippen LogP contribution in [0.15, 0.2) is 11.1 Å². The summed E-state index contributed by atoms with van der Waals surface area (Å²) < 4.78 is 5.53. The molecule has 0 aromatic heterocycles. The summed E-state index contributed by atoms with van der Waals surface area (Å²) >= 11 is 0. The normalized spacial score (nSPS) is 48.0. The first-order valence-electron chi connectivity index (χ1n) is 9.07. The Kier molecular flexibility index (Phi) is 3.89. The van der Waals surface area contributed by atoms with Gasteiger partial charge in [-0.3, -0.25) is 9.59 Å². The molecule has 2 aliphatic carbocycles. The van der Waals surface area contributed by atoms with Gasteiger partial charge in [-0.2, -0.15) is 0 Å². The SMILES string of the molecule is CC(C)=C1CC2[C@](C)(CC[C@@H](C(=O)C3(C)OC3C)[C@@]2(C)O)CC1=O. The predicted octanol–water partition coefficient (Wildman–Crippen LogP) is 3.22. The molecule has 4 nitrogen and oxygen atoms in total. The highest BCUT2D eigenvalue weighted by Gasteiger charge is 2.64. The lowest BCUT2D eigenvalue weighted by Crippen LogP contribution is -2.59. The lowest BCUT2D eigenvalue weighted by Gasteiger charge is -2.55. The van der Waals surface area contributed by atoms with E-state index in [1.54, 1.807) is 6.92 Å². The molecule has 1 N–H and O–H groups in total. The van der Waals surface area contributed by atoms with Crippen molar-refractivity contribution < 1.29 is 19.4 Å². The number of rotatable bonds is 2. The second-order valence-electron chi connectivity index (χ2n) is 9.04. The lowest BCUT2D eigenvalue weighted by atomic mass is 9.50. The van der Waals surface area contributed by atoms with Gasteiger partial charge in [0.1, 0.15) is 5.60 Å². The first-order valence-corrected chi connectivity index (χ1v) is 9.07. The largest absolute Gasteiger partial charge is 0.389 e. The topological polar surface area (TPSA) is 66.9 Å². The average Bonchev–Trinajstić information content (AvgIpc) is 3.05. The Morgan fingerprint density at radius 2 is 1.83 bits per heavy atom. The quantitative estimate of drug-likeness (QED) is 0.622. The number of aliphatic hydroxyl groups is 1. The van der Waals surface area contributed by atoms with Gasteiger partial charge in [0.05, 0.1) is 11.7 Å². The number of ether oxygens (including phenoxy) is 1. The molecule has 1 saturated heterocycles. The number of carbonyl (C=O) groups excluding carboxylic acids is 2. The zero-order chi connectivity index (χ0) is 18.1. The maximum Gasteiger partial charge on any atom is 0.172 e. The third-order valence-corrected chi connectivity index (χ3v) is 7.11. The predicted molar refractivity (Wildman–Crippen MR) is 91.5 cm³/mol. The zero-order valence-corrected chi connectivity index (χ0v) is 15.7. The van der Waals surface area contributed by atoms with Gasteiger partial charge in [-0.1, -0.05) is 12.5 Å². The lowest BCUT2D eigenvalue weighted by molar-refractivity contribution is -0.166. The molecule has 6 atom stereocenters. The molecule has 0 radical (unpaired) electrons. The van der Waals surface area contributed by atoms with Gasteiger partial charge in [0, 0.05) is 12.3 Å². The zero-order valence-electron chi connectivity index (χ0n) is 15.7. The van der Waals surface area contributed by atoms with Crippen LogP contribution in [0.5, 0.6) is 0 Å². The first kappa shape index (κ1) is 17.8. The summed E-state index contributed by atoms with van der Waals surface area (Å²) in [6.07, 6.45) is 2.40. The number of hydrogen-bond donors (Lipinski definition) is 1. The van der Waals surface area contributed by atoms with Crippen molar-refractivity contribution in [2.45, 2.75) is 84.5 Å². The van der Waals surface area contributed by atoms with E-state index in [-0.39, 0.29) is 29.0 Å². The molecule has 1 heterocycles. The molecule has 3 rings (SSSR count). The Morgan fingerprint density at radius 1 is 1.25 bits per heavy atom. The number of Topliss-reactive ketones (excluding diaryl/α,β-unsaturated/α-hetero) is 2. The molecule has 1 aliphatic heterocycles. The molecule has 4 heteroatoms. The molecular weight excluding hydrogens is 304 g/mol. The Bertz CT molecular complexity index is 628. The van der Waals surface area contributed by atoms with Gasteiger partial charge in [0.15, 0.2) is 11.6 Å². The van der Waals surface area contributed by atoms with Gasteiger partial charge in [-0.15, -0.1) is 0 Å². The number of carbonyl (C=O) groups is 2. The average molecular weight is 334 g/mol. The van der Waals surface area contributed by atoms with Crippen LogP contribution in [0.2, 0.25) is 0 Å². The monoisotopic (exact) mass is 334 g/mol. The van der Waals surface area contributed by atoms with Gasteiger partial charge in [0.2, 0.25) is 0 Å². The fourth-order valence-electron chi connectivity index (χ4n) is 5.16. The second-order valence-corrected chi connectivity index (χ2v) is 9.04. The van der Waals surface area contributed by atoms with Crippen molar-refractivity contribution in [3.63, 3.8) is 0 Å². The van der Waals surface area contributed by atoms with E-state index in [9.17, 15) is 14.7 Å². The van der Waals surface area contributed by atoms with E-state index in [1.807, 2.05) is 27.7 Å². The van der Waals surface area contributed by atoms with Crippen molar-refractivity contribution in [1.82, 2.24) is 0 Å². The minimum absolute atomic E-state index is 0.0256. The molecule has 3 fully saturated rings. The summed E-state index contributed by atoms with van der Waals surface area (Å²) in [5, 5.41) is 11.4. The molecule has 3 aliphatic rings. The number of ketones is 2. The van der Waals surface area contributed by atoms with Gasteiger partial charge in [-0.05, 0) is 70.8 Å². The fraction of sp³-hybridized carbons (Fsp3) is 0.800. The van der Waals surface area contributed by atoms with Gasteiger partial charge >= 0.3 is 0 Å². The van der Waals surface area contributed by atoms with E-state index < -0.39 is 17.1 Å². The van der Waals surface area contributed by atoms with Crippen LogP contribution in [0.25, 0.3) is 0 Å². The van der Waals surface area contributed by atoms with Gasteiger partial charge in [-0.25, -0.2) is 0 Å². The molecule has 0 bridgehead atoms. The van der Waals surface area contributed by atoms with Gasteiger partial charge < -0.3 is 9.84 Å². The van der Waals surface area contributed by atoms with Crippen LogP contribution in [0.3, 0.4) is 0 Å². The van der Waals surface area contributed by atoms with E-state index >= 15 is 0 Å². The standard InChI is InChI=1S/C20H30O4/c1-11(2)13-9-16-18(4,10-15(13)21)8-7-14(19(16,5)23)17(22)20(6)12(3)24-20/h12,14,16,23H,7-10H2,1-6H3/t12?,14-,16?,18+,19+,20?/m0/s1. The number of hydrogen-bond acceptors (Lipinski definition) is 4. The van der Waals surface area contributed by atoms with Crippen LogP contribution >= 0.6 is 0 Å². The van der Waals surface area contributed by atoms with Crippen LogP contribution in [-0.2, 0) is 14.3 Å². The third-order valence-electron chi connectivity index (χ3n) is 7.11. The maximum absolute atomic E-state index is 13.0. The number of allylic oxidation sites excluding steroid dienone is 2. The van der Waals surface area contributed by atoms with Crippen LogP contribution in [0, 0.1) is 17.3 Å². The molecule has 0 spiro atoms. The van der Waals surface area contributed by atoms with Crippen LogP contribution in [-0.4, -0.2) is 34.0 Å². The highest BCUT2D eigenvalue weighted by Crippen LogP contribution is 2.58. The molecule has 134 valence electrons. The Morgan fingerprint density at radius 3 is 2.33 bits per heavy atom. The van der Waals surface area contributed by atoms with Crippen LogP contribution < -0.4 is 0 Å². The highest BCUT2D eigenvalue weighted by atomic mass is 16.6. The van der Waals surface area contributed by atoms with E-state index in [2.05, 4.69) is 6.92 Å². The van der Waals surface area contributed by atoms with Crippen molar-refractivity contribution in [2.75, 3.05) is 0 Å². The van der Waals surface area contributed by atoms with E-state index in [0.29, 0.717) is 19.3 Å². The van der Waals surface area contributed by atoms with Crippen molar-refractivity contribution >= 4 is 11.6 Å². The minimum atomic E-state index is -1.11. The Hall–Kier alpha value is -1.00. The summed E-state index contributed by atoms with van der Waals surface area (Å²) in [7, 11) is 0. The molecule has 2 saturated carbocycles. The molecule has 24 heavy (non-hydrogen) atoms. The first-order chi connectivity index (χ1) is 10.9. The molecular formula is C20H30O4. The van der Waals surface area contributed by atoms with E-state index in [0.717, 1.165) is 17.6 Å². The highest BCUT2D eigenvalue weighted by molar-refractivity contribution is 5.98. The van der Waals surface area contributed by atoms with Crippen molar-refractivity contribution in [1.29, 1.82) is 0 Å².